The van der Waals surface area contributed by atoms with Gasteiger partial charge >= 0.3 is 0 Å². The number of furan rings is 1. The van der Waals surface area contributed by atoms with Gasteiger partial charge in [0.1, 0.15) is 12.1 Å². The second-order valence-electron chi connectivity index (χ2n) is 7.25. The number of anilines is 2. The number of aryl methyl sites for hydroxylation is 1. The number of aromatic nitrogens is 2. The van der Waals surface area contributed by atoms with Crippen LogP contribution in [0.5, 0.6) is 0 Å². The number of likely N-dealkylation sites (N-methyl/N-ethyl adjacent to an activating group) is 1. The fraction of sp³-hybridized carbons (Fsp3) is 0.526. The minimum atomic E-state index is 0.0201. The van der Waals surface area contributed by atoms with E-state index in [1.165, 1.54) is 12.5 Å². The van der Waals surface area contributed by atoms with E-state index >= 15 is 0 Å². The summed E-state index contributed by atoms with van der Waals surface area (Å²) >= 11 is 0. The van der Waals surface area contributed by atoms with E-state index in [2.05, 4.69) is 32.8 Å². The fourth-order valence-corrected chi connectivity index (χ4v) is 3.55. The predicted octanol–water partition coefficient (Wildman–Crippen LogP) is 1.09. The molecule has 2 aromatic heterocycles. The predicted molar refractivity (Wildman–Crippen MR) is 103 cm³/mol. The number of rotatable bonds is 3. The molecule has 0 spiro atoms. The summed E-state index contributed by atoms with van der Waals surface area (Å²) in [5, 5.41) is 0. The highest BCUT2D eigenvalue weighted by molar-refractivity contribution is 5.94. The van der Waals surface area contributed by atoms with Gasteiger partial charge in [0.05, 0.1) is 11.8 Å². The van der Waals surface area contributed by atoms with E-state index in [0.29, 0.717) is 18.7 Å². The van der Waals surface area contributed by atoms with E-state index in [9.17, 15) is 4.79 Å². The molecular weight excluding hydrogens is 344 g/mol. The molecule has 0 bridgehead atoms. The van der Waals surface area contributed by atoms with E-state index in [0.717, 1.165) is 56.7 Å². The van der Waals surface area contributed by atoms with Gasteiger partial charge in [-0.1, -0.05) is 0 Å². The maximum Gasteiger partial charge on any atom is 0.257 e. The Kier molecular flexibility index (Phi) is 4.98. The molecule has 4 rings (SSSR count). The van der Waals surface area contributed by atoms with Gasteiger partial charge in [-0.05, 0) is 20.0 Å². The van der Waals surface area contributed by atoms with Crippen molar-refractivity contribution < 1.29 is 9.21 Å². The van der Waals surface area contributed by atoms with Gasteiger partial charge in [0, 0.05) is 64.1 Å². The number of carbonyl (C=O) groups excluding carboxylic acids is 1. The number of hydrogen-bond donors (Lipinski definition) is 0. The number of hydrogen-bond acceptors (Lipinski definition) is 7. The zero-order valence-corrected chi connectivity index (χ0v) is 16.0. The summed E-state index contributed by atoms with van der Waals surface area (Å²) in [6, 6.07) is 3.77. The second kappa shape index (κ2) is 7.56. The molecule has 8 heteroatoms. The van der Waals surface area contributed by atoms with Gasteiger partial charge in [-0.25, -0.2) is 4.98 Å². The van der Waals surface area contributed by atoms with E-state index in [-0.39, 0.29) is 5.91 Å². The Morgan fingerprint density at radius 1 is 1.00 bits per heavy atom. The van der Waals surface area contributed by atoms with Crippen LogP contribution in [0.15, 0.2) is 29.1 Å². The summed E-state index contributed by atoms with van der Waals surface area (Å²) in [7, 11) is 2.15. The van der Waals surface area contributed by atoms with Crippen molar-refractivity contribution in [3.05, 3.63) is 35.9 Å². The number of carbonyl (C=O) groups is 1. The standard InChI is InChI=1S/C19H26N6O2/c1-15-13-17(23-6-4-22(2)5-7-23)21-19(20-15)25-10-8-24(9-11-25)18(26)16-3-12-27-14-16/h3,12-14H,4-11H2,1-2H3. The smallest absolute Gasteiger partial charge is 0.257 e. The molecule has 27 heavy (non-hydrogen) atoms. The minimum Gasteiger partial charge on any atom is -0.472 e. The summed E-state index contributed by atoms with van der Waals surface area (Å²) in [5.74, 6) is 1.79. The van der Waals surface area contributed by atoms with Crippen molar-refractivity contribution in [2.75, 3.05) is 69.2 Å². The molecule has 144 valence electrons. The van der Waals surface area contributed by atoms with Crippen molar-refractivity contribution in [3.8, 4) is 0 Å². The minimum absolute atomic E-state index is 0.0201. The maximum absolute atomic E-state index is 12.5. The van der Waals surface area contributed by atoms with Gasteiger partial charge in [0.15, 0.2) is 0 Å². The molecule has 2 aromatic rings. The molecule has 1 amide bonds. The summed E-state index contributed by atoms with van der Waals surface area (Å²) in [6.07, 6.45) is 3.03. The number of amides is 1. The van der Waals surface area contributed by atoms with Crippen molar-refractivity contribution in [3.63, 3.8) is 0 Å². The van der Waals surface area contributed by atoms with Crippen LogP contribution < -0.4 is 9.80 Å². The highest BCUT2D eigenvalue weighted by atomic mass is 16.3. The lowest BCUT2D eigenvalue weighted by molar-refractivity contribution is 0.0745. The van der Waals surface area contributed by atoms with Crippen LogP contribution in [0.1, 0.15) is 16.1 Å². The molecule has 0 saturated carbocycles. The van der Waals surface area contributed by atoms with Crippen LogP contribution in [0, 0.1) is 6.92 Å². The third kappa shape index (κ3) is 3.90. The summed E-state index contributed by atoms with van der Waals surface area (Å²) < 4.78 is 5.02. The largest absolute Gasteiger partial charge is 0.472 e. The van der Waals surface area contributed by atoms with Crippen molar-refractivity contribution >= 4 is 17.7 Å². The SMILES string of the molecule is Cc1cc(N2CCN(C)CC2)nc(N2CCN(C(=O)c3ccoc3)CC2)n1. The molecule has 2 saturated heterocycles. The Morgan fingerprint density at radius 3 is 2.37 bits per heavy atom. The van der Waals surface area contributed by atoms with Gasteiger partial charge in [-0.15, -0.1) is 0 Å². The molecular formula is C19H26N6O2. The van der Waals surface area contributed by atoms with Crippen LogP contribution in [0.4, 0.5) is 11.8 Å². The van der Waals surface area contributed by atoms with Gasteiger partial charge < -0.3 is 24.0 Å². The molecule has 0 aliphatic carbocycles. The first-order valence-corrected chi connectivity index (χ1v) is 9.46. The van der Waals surface area contributed by atoms with Crippen molar-refractivity contribution in [2.24, 2.45) is 0 Å². The van der Waals surface area contributed by atoms with Crippen LogP contribution in [0.25, 0.3) is 0 Å². The lowest BCUT2D eigenvalue weighted by Gasteiger charge is -2.36. The highest BCUT2D eigenvalue weighted by Crippen LogP contribution is 2.20. The van der Waals surface area contributed by atoms with Gasteiger partial charge in [-0.2, -0.15) is 4.98 Å². The monoisotopic (exact) mass is 370 g/mol. The number of nitrogens with zero attached hydrogens (tertiary/aromatic N) is 6. The average molecular weight is 370 g/mol. The van der Waals surface area contributed by atoms with Gasteiger partial charge in [-0.3, -0.25) is 4.79 Å². The van der Waals surface area contributed by atoms with E-state index < -0.39 is 0 Å². The molecule has 0 atom stereocenters. The molecule has 0 aromatic carbocycles. The Morgan fingerprint density at radius 2 is 1.70 bits per heavy atom. The fourth-order valence-electron chi connectivity index (χ4n) is 3.55. The summed E-state index contributed by atoms with van der Waals surface area (Å²) in [4.78, 5) is 30.6. The first-order valence-electron chi connectivity index (χ1n) is 9.46. The van der Waals surface area contributed by atoms with Crippen molar-refractivity contribution in [1.29, 1.82) is 0 Å². The quantitative estimate of drug-likeness (QED) is 0.801. The van der Waals surface area contributed by atoms with Crippen molar-refractivity contribution in [1.82, 2.24) is 19.8 Å². The molecule has 4 heterocycles. The molecule has 0 radical (unpaired) electrons. The van der Waals surface area contributed by atoms with Crippen LogP contribution >= 0.6 is 0 Å². The van der Waals surface area contributed by atoms with Crippen LogP contribution in [0.3, 0.4) is 0 Å². The zero-order valence-electron chi connectivity index (χ0n) is 16.0. The third-order valence-electron chi connectivity index (χ3n) is 5.27. The molecule has 2 aliphatic heterocycles. The second-order valence-corrected chi connectivity index (χ2v) is 7.25. The Bertz CT molecular complexity index is 778. The van der Waals surface area contributed by atoms with E-state index in [4.69, 9.17) is 9.40 Å². The number of piperazine rings is 2. The third-order valence-corrected chi connectivity index (χ3v) is 5.27. The van der Waals surface area contributed by atoms with E-state index in [1.807, 2.05) is 11.8 Å². The molecule has 8 nitrogen and oxygen atoms in total. The normalized spacial score (nSPS) is 18.8. The van der Waals surface area contributed by atoms with Crippen LogP contribution in [-0.2, 0) is 0 Å². The molecule has 2 fully saturated rings. The topological polar surface area (TPSA) is 69.0 Å². The maximum atomic E-state index is 12.5. The van der Waals surface area contributed by atoms with E-state index in [1.54, 1.807) is 6.07 Å². The summed E-state index contributed by atoms with van der Waals surface area (Å²) in [5.41, 5.74) is 1.58. The van der Waals surface area contributed by atoms with Crippen molar-refractivity contribution in [2.45, 2.75) is 6.92 Å². The Balaban J connectivity index is 1.43. The zero-order chi connectivity index (χ0) is 18.8. The molecule has 2 aliphatic rings. The molecule has 0 unspecified atom stereocenters. The average Bonchev–Trinajstić information content (AvgIpc) is 3.22. The Labute approximate surface area is 159 Å². The van der Waals surface area contributed by atoms with Crippen LogP contribution in [-0.4, -0.2) is 85.1 Å². The molecule has 0 N–H and O–H groups in total. The lowest BCUT2D eigenvalue weighted by Crippen LogP contribution is -2.49. The first kappa shape index (κ1) is 17.8. The summed E-state index contributed by atoms with van der Waals surface area (Å²) in [6.45, 7) is 8.86. The van der Waals surface area contributed by atoms with Crippen LogP contribution in [0.2, 0.25) is 0 Å². The first-order chi connectivity index (χ1) is 13.1. The Hall–Kier alpha value is -2.61. The van der Waals surface area contributed by atoms with Gasteiger partial charge in [0.2, 0.25) is 5.95 Å². The lowest BCUT2D eigenvalue weighted by atomic mass is 10.2. The highest BCUT2D eigenvalue weighted by Gasteiger charge is 2.25. The van der Waals surface area contributed by atoms with Gasteiger partial charge in [0.25, 0.3) is 5.91 Å².